The van der Waals surface area contributed by atoms with Crippen LogP contribution in [0.4, 0.5) is 0 Å². The van der Waals surface area contributed by atoms with E-state index in [0.717, 1.165) is 20.4 Å². The molecule has 0 amide bonds. The van der Waals surface area contributed by atoms with Crippen molar-refractivity contribution in [2.45, 2.75) is 25.8 Å². The zero-order valence-corrected chi connectivity index (χ0v) is 24.8. The third kappa shape index (κ3) is 5.54. The van der Waals surface area contributed by atoms with E-state index in [1.54, 1.807) is 24.3 Å². The molecule has 10 heteroatoms. The quantitative estimate of drug-likeness (QED) is 0.138. The van der Waals surface area contributed by atoms with Crippen molar-refractivity contribution in [3.63, 3.8) is 0 Å². The smallest absolute Gasteiger partial charge is 0.329 e. The molecule has 2 heterocycles. The van der Waals surface area contributed by atoms with Crippen LogP contribution in [0.25, 0.3) is 22.5 Å². The van der Waals surface area contributed by atoms with Gasteiger partial charge in [0.25, 0.3) is 0 Å². The van der Waals surface area contributed by atoms with E-state index in [9.17, 15) is 9.90 Å². The molecule has 40 heavy (non-hydrogen) atoms. The predicted octanol–water partition coefficient (Wildman–Crippen LogP) is 6.27. The van der Waals surface area contributed by atoms with Gasteiger partial charge in [0.1, 0.15) is 29.9 Å². The molecule has 3 aromatic carbocycles. The number of aromatic nitrogens is 4. The van der Waals surface area contributed by atoms with Gasteiger partial charge in [-0.3, -0.25) is 4.57 Å². The van der Waals surface area contributed by atoms with Gasteiger partial charge in [0, 0.05) is 26.3 Å². The summed E-state index contributed by atoms with van der Waals surface area (Å²) >= 11 is 8.79. The lowest BCUT2D eigenvalue weighted by Crippen LogP contribution is -2.27. The Morgan fingerprint density at radius 1 is 1.07 bits per heavy atom. The number of aromatic amines is 2. The normalized spacial score (nSPS) is 12.8. The number of imidazole rings is 2. The Balaban J connectivity index is 1.62. The lowest BCUT2D eigenvalue weighted by Gasteiger charge is -2.24. The number of nitrogens with zero attached hydrogens (tertiary/aromatic N) is 2. The van der Waals surface area contributed by atoms with Crippen molar-refractivity contribution in [3.8, 4) is 34.1 Å². The van der Waals surface area contributed by atoms with Crippen molar-refractivity contribution in [1.82, 2.24) is 19.5 Å². The molecule has 5 aromatic rings. The number of H-pyrrole nitrogens is 2. The van der Waals surface area contributed by atoms with Gasteiger partial charge < -0.3 is 24.9 Å². The van der Waals surface area contributed by atoms with Crippen LogP contribution in [-0.4, -0.2) is 42.9 Å². The van der Waals surface area contributed by atoms with Crippen molar-refractivity contribution >= 4 is 34.2 Å². The first-order valence-corrected chi connectivity index (χ1v) is 14.2. The highest BCUT2D eigenvalue weighted by atomic mass is 127. The number of ether oxygens (including phenoxy) is 1. The summed E-state index contributed by atoms with van der Waals surface area (Å²) in [4.78, 5) is 24.6. The summed E-state index contributed by atoms with van der Waals surface area (Å²) in [6.07, 6.45) is 0. The summed E-state index contributed by atoms with van der Waals surface area (Å²) in [5, 5.41) is 21.0. The Bertz CT molecular complexity index is 1680. The first-order valence-electron chi connectivity index (χ1n) is 12.7. The van der Waals surface area contributed by atoms with Gasteiger partial charge in [-0.2, -0.15) is 0 Å². The maximum Gasteiger partial charge on any atom is 0.329 e. The minimum atomic E-state index is -0.665. The van der Waals surface area contributed by atoms with Crippen LogP contribution in [0.5, 0.6) is 11.6 Å². The number of hydrogen-bond donors (Lipinski definition) is 4. The number of aliphatic hydroxyl groups excluding tert-OH is 1. The Labute approximate surface area is 249 Å². The molecule has 206 valence electrons. The van der Waals surface area contributed by atoms with Crippen LogP contribution in [0.2, 0.25) is 5.02 Å². The molecular weight excluding hydrogens is 643 g/mol. The van der Waals surface area contributed by atoms with Gasteiger partial charge in [0.2, 0.25) is 5.88 Å². The predicted molar refractivity (Wildman–Crippen MR) is 164 cm³/mol. The highest BCUT2D eigenvalue weighted by Gasteiger charge is 2.32. The molecule has 0 spiro atoms. The number of rotatable bonds is 9. The molecule has 0 radical (unpaired) electrons. The maximum atomic E-state index is 13.5. The van der Waals surface area contributed by atoms with Gasteiger partial charge >= 0.3 is 5.69 Å². The van der Waals surface area contributed by atoms with Gasteiger partial charge in [0.05, 0.1) is 17.3 Å². The van der Waals surface area contributed by atoms with Gasteiger partial charge in [-0.05, 0) is 71.5 Å². The van der Waals surface area contributed by atoms with Gasteiger partial charge in [-0.15, -0.1) is 0 Å². The summed E-state index contributed by atoms with van der Waals surface area (Å²) in [5.74, 6) is 0.648. The molecular formula is C30H28ClIN4O4. The highest BCUT2D eigenvalue weighted by molar-refractivity contribution is 14.1. The molecule has 5 rings (SSSR count). The number of benzene rings is 3. The van der Waals surface area contributed by atoms with Gasteiger partial charge in [-0.25, -0.2) is 9.78 Å². The Morgan fingerprint density at radius 2 is 1.80 bits per heavy atom. The van der Waals surface area contributed by atoms with Crippen molar-refractivity contribution in [2.24, 2.45) is 0 Å². The monoisotopic (exact) mass is 670 g/mol. The van der Waals surface area contributed by atoms with Crippen LogP contribution in [0.3, 0.4) is 0 Å². The van der Waals surface area contributed by atoms with Crippen LogP contribution < -0.4 is 10.4 Å². The summed E-state index contributed by atoms with van der Waals surface area (Å²) in [6.45, 7) is 4.00. The molecule has 0 bridgehead atoms. The minimum absolute atomic E-state index is 0.0938. The second-order valence-corrected chi connectivity index (χ2v) is 11.1. The van der Waals surface area contributed by atoms with Crippen LogP contribution in [0.1, 0.15) is 36.0 Å². The standard InChI is InChI=1S/C30H28ClIN4O4/c1-17(19-6-4-3-5-7-19)27(28-33-18(2)25(34-28)23-13-10-21(32)16-24(23)31)36-29(38)26(35-30(36)39)20-8-11-22(12-9-20)40-15-14-37/h3-13,16-17,27,37-38H,14-15H2,1-2H3,(H,33,34)(H,35,39)/t17-,27-/m0/s1. The van der Waals surface area contributed by atoms with Crippen LogP contribution in [0, 0.1) is 10.5 Å². The first kappa shape index (κ1) is 28.0. The van der Waals surface area contributed by atoms with E-state index in [1.165, 1.54) is 4.57 Å². The number of nitrogens with one attached hydrogen (secondary N) is 2. The van der Waals surface area contributed by atoms with E-state index in [-0.39, 0.29) is 30.7 Å². The second-order valence-electron chi connectivity index (χ2n) is 9.46. The van der Waals surface area contributed by atoms with Crippen molar-refractivity contribution < 1.29 is 14.9 Å². The van der Waals surface area contributed by atoms with Crippen molar-refractivity contribution in [3.05, 3.63) is 109 Å². The van der Waals surface area contributed by atoms with E-state index >= 15 is 0 Å². The molecule has 8 nitrogen and oxygen atoms in total. The largest absolute Gasteiger partial charge is 0.493 e. The maximum absolute atomic E-state index is 13.5. The third-order valence-corrected chi connectivity index (χ3v) is 7.84. The zero-order chi connectivity index (χ0) is 28.4. The summed E-state index contributed by atoms with van der Waals surface area (Å²) in [6, 6.07) is 21.8. The Morgan fingerprint density at radius 3 is 2.48 bits per heavy atom. The van der Waals surface area contributed by atoms with E-state index in [1.807, 2.05) is 62.4 Å². The fourth-order valence-corrected chi connectivity index (χ4v) is 5.81. The lowest BCUT2D eigenvalue weighted by atomic mass is 9.92. The van der Waals surface area contributed by atoms with E-state index in [0.29, 0.717) is 27.9 Å². The number of hydrogen-bond acceptors (Lipinski definition) is 5. The molecule has 0 aliphatic heterocycles. The van der Waals surface area contributed by atoms with Crippen molar-refractivity contribution in [2.75, 3.05) is 13.2 Å². The molecule has 0 unspecified atom stereocenters. The molecule has 2 aromatic heterocycles. The molecule has 0 aliphatic carbocycles. The molecule has 0 saturated carbocycles. The van der Waals surface area contributed by atoms with Gasteiger partial charge in [0.15, 0.2) is 0 Å². The number of aryl methyl sites for hydroxylation is 1. The van der Waals surface area contributed by atoms with Crippen molar-refractivity contribution in [1.29, 1.82) is 0 Å². The van der Waals surface area contributed by atoms with E-state index in [4.69, 9.17) is 26.4 Å². The average molecular weight is 671 g/mol. The summed E-state index contributed by atoms with van der Waals surface area (Å²) < 4.78 is 7.80. The summed E-state index contributed by atoms with van der Waals surface area (Å²) in [7, 11) is 0. The lowest BCUT2D eigenvalue weighted by molar-refractivity contribution is 0.201. The number of aromatic hydroxyl groups is 1. The molecule has 4 N–H and O–H groups in total. The zero-order valence-electron chi connectivity index (χ0n) is 21.9. The molecule has 0 fully saturated rings. The van der Waals surface area contributed by atoms with Crippen LogP contribution in [0.15, 0.2) is 77.6 Å². The number of halogens is 2. The van der Waals surface area contributed by atoms with E-state index in [2.05, 4.69) is 32.6 Å². The molecule has 2 atom stereocenters. The topological polar surface area (TPSA) is 116 Å². The number of aliphatic hydroxyl groups is 1. The SMILES string of the molecule is Cc1[nH]c([C@H]([C@@H](C)c2ccccc2)n2c(O)c(-c3ccc(OCCO)cc3)[nH]c2=O)nc1-c1ccc(I)cc1Cl. The third-order valence-electron chi connectivity index (χ3n) is 6.85. The van der Waals surface area contributed by atoms with Crippen LogP contribution in [-0.2, 0) is 0 Å². The molecule has 0 aliphatic rings. The molecule has 0 saturated heterocycles. The summed E-state index contributed by atoms with van der Waals surface area (Å²) in [5.41, 5.74) is 3.67. The second kappa shape index (κ2) is 11.9. The minimum Gasteiger partial charge on any atom is -0.493 e. The van der Waals surface area contributed by atoms with Gasteiger partial charge in [-0.1, -0.05) is 54.9 Å². The Hall–Kier alpha value is -3.54. The Kier molecular flexibility index (Phi) is 8.34. The van der Waals surface area contributed by atoms with Crippen LogP contribution >= 0.6 is 34.2 Å². The van der Waals surface area contributed by atoms with E-state index < -0.39 is 11.7 Å². The average Bonchev–Trinajstić information content (AvgIpc) is 3.47. The fraction of sp³-hybridized carbons (Fsp3) is 0.200. The fourth-order valence-electron chi connectivity index (χ4n) is 4.87. The highest BCUT2D eigenvalue weighted by Crippen LogP contribution is 2.39. The first-order chi connectivity index (χ1) is 19.3.